The minimum atomic E-state index is -4.38. The Hall–Kier alpha value is -2.22. The Balaban J connectivity index is 1.84. The van der Waals surface area contributed by atoms with Crippen molar-refractivity contribution in [2.45, 2.75) is 22.6 Å². The third kappa shape index (κ3) is 5.31. The van der Waals surface area contributed by atoms with E-state index in [0.717, 1.165) is 19.1 Å². The molecule has 9 heteroatoms. The van der Waals surface area contributed by atoms with E-state index < -0.39 is 40.8 Å². The van der Waals surface area contributed by atoms with Crippen molar-refractivity contribution in [2.24, 2.45) is 0 Å². The van der Waals surface area contributed by atoms with Gasteiger partial charge in [-0.3, -0.25) is 0 Å². The molecule has 0 aromatic heterocycles. The van der Waals surface area contributed by atoms with Crippen LogP contribution in [0.3, 0.4) is 0 Å². The van der Waals surface area contributed by atoms with Crippen LogP contribution in [-0.2, 0) is 40.8 Å². The van der Waals surface area contributed by atoms with Crippen molar-refractivity contribution in [3.8, 4) is 11.5 Å². The van der Waals surface area contributed by atoms with Gasteiger partial charge in [0.2, 0.25) is 0 Å². The molecule has 2 aromatic rings. The van der Waals surface area contributed by atoms with E-state index in [4.69, 9.17) is 5.63 Å². The summed E-state index contributed by atoms with van der Waals surface area (Å²) < 4.78 is 63.9. The van der Waals surface area contributed by atoms with Crippen LogP contribution in [0.4, 0.5) is 0 Å². The third-order valence-corrected chi connectivity index (χ3v) is 16.2. The first kappa shape index (κ1) is 23.9. The fourth-order valence-corrected chi connectivity index (χ4v) is 13.2. The van der Waals surface area contributed by atoms with Gasteiger partial charge in [-0.25, -0.2) is 0 Å². The van der Waals surface area contributed by atoms with Gasteiger partial charge < -0.3 is 0 Å². The summed E-state index contributed by atoms with van der Waals surface area (Å²) in [5, 5.41) is 0. The quantitative estimate of drug-likeness (QED) is 0.466. The van der Waals surface area contributed by atoms with Crippen LogP contribution in [0.25, 0.3) is 0 Å². The summed E-state index contributed by atoms with van der Waals surface area (Å²) in [6, 6.07) is 12.8. The first-order valence-electron chi connectivity index (χ1n) is 10.3. The summed E-state index contributed by atoms with van der Waals surface area (Å²) in [6.45, 7) is 0. The molecular weight excluding hydrogens is 540 g/mol. The zero-order valence-electron chi connectivity index (χ0n) is 18.3. The van der Waals surface area contributed by atoms with Gasteiger partial charge in [-0.15, -0.1) is 0 Å². The first-order chi connectivity index (χ1) is 15.6. The molecule has 0 unspecified atom stereocenters. The Morgan fingerprint density at radius 1 is 0.697 bits per heavy atom. The van der Waals surface area contributed by atoms with Gasteiger partial charge >= 0.3 is 201 Å². The Morgan fingerprint density at radius 2 is 1.12 bits per heavy atom. The maximum absolute atomic E-state index is 12.1. The van der Waals surface area contributed by atoms with Crippen molar-refractivity contribution in [3.63, 3.8) is 0 Å². The van der Waals surface area contributed by atoms with E-state index in [2.05, 4.69) is 0 Å². The van der Waals surface area contributed by atoms with Crippen LogP contribution in [0.5, 0.6) is 11.5 Å². The van der Waals surface area contributed by atoms with E-state index in [1.165, 1.54) is 24.3 Å². The third-order valence-electron chi connectivity index (χ3n) is 5.38. The monoisotopic (exact) mass is 562 g/mol. The molecule has 6 nitrogen and oxygen atoms in total. The van der Waals surface area contributed by atoms with E-state index in [0.29, 0.717) is 24.3 Å². The Kier molecular flexibility index (Phi) is 6.67. The van der Waals surface area contributed by atoms with Gasteiger partial charge in [0.05, 0.1) is 0 Å². The number of rotatable bonds is 8. The van der Waals surface area contributed by atoms with Crippen LogP contribution in [0.15, 0.2) is 101 Å². The number of sulfone groups is 2. The van der Waals surface area contributed by atoms with E-state index >= 15 is 0 Å². The molecule has 0 heterocycles. The van der Waals surface area contributed by atoms with Crippen LogP contribution >= 0.6 is 0 Å². The molecule has 172 valence electrons. The van der Waals surface area contributed by atoms with Crippen LogP contribution in [0, 0.1) is 0 Å². The molecule has 0 saturated carbocycles. The summed E-state index contributed by atoms with van der Waals surface area (Å²) >= 11 is -4.38. The first-order valence-corrected chi connectivity index (χ1v) is 18.5. The average molecular weight is 564 g/mol. The summed E-state index contributed by atoms with van der Waals surface area (Å²) in [6.07, 6.45) is 15.6. The molecule has 0 spiro atoms. The maximum atomic E-state index is 12.1. The van der Waals surface area contributed by atoms with E-state index in [1.54, 1.807) is 24.3 Å². The number of hydrogen-bond donors (Lipinski definition) is 0. The molecule has 2 aliphatic rings. The van der Waals surface area contributed by atoms with Crippen molar-refractivity contribution < 1.29 is 43.6 Å². The van der Waals surface area contributed by atoms with Crippen molar-refractivity contribution in [1.82, 2.24) is 0 Å². The Labute approximate surface area is 200 Å². The zero-order valence-corrected chi connectivity index (χ0v) is 22.4. The van der Waals surface area contributed by atoms with Crippen LogP contribution < -0.4 is 5.63 Å². The Morgan fingerprint density at radius 3 is 1.45 bits per heavy atom. The van der Waals surface area contributed by atoms with Crippen LogP contribution in [0.2, 0.25) is 0 Å². The molecule has 2 aliphatic carbocycles. The topological polar surface area (TPSA) is 86.7 Å². The molecule has 0 aliphatic heterocycles. The molecule has 4 rings (SSSR count). The van der Waals surface area contributed by atoms with Crippen molar-refractivity contribution in [3.05, 3.63) is 91.5 Å². The standard InChI is InChI=1S/2C7H8O3S.2C5H5.Zr/c2*1-11(9,10)7-4-2-3-6(8)5-7;2*1-2-4-5-3-1;/h2*2-5,8H,1H3;2*1-3H,4H2;/q;;;;+2/p-2. The van der Waals surface area contributed by atoms with E-state index in [-0.39, 0.29) is 9.79 Å². The molecule has 0 radical (unpaired) electrons. The predicted octanol–water partition coefficient (Wildman–Crippen LogP) is 4.62. The molecule has 33 heavy (non-hydrogen) atoms. The SMILES string of the molecule is CS(=O)(=O)c1cccc([O][Zr]([O]c2cccc(S(C)(=O)=O)c2)([C]2=CC=CC2)[C]2=CC=CC2)c1. The van der Waals surface area contributed by atoms with Crippen molar-refractivity contribution in [1.29, 1.82) is 0 Å². The normalized spacial score (nSPS) is 15.9. The second-order valence-corrected chi connectivity index (χ2v) is 19.2. The second kappa shape index (κ2) is 9.20. The van der Waals surface area contributed by atoms with Crippen LogP contribution in [0.1, 0.15) is 12.8 Å². The van der Waals surface area contributed by atoms with Gasteiger partial charge in [-0.1, -0.05) is 0 Å². The molecule has 0 atom stereocenters. The van der Waals surface area contributed by atoms with Gasteiger partial charge in [0.25, 0.3) is 0 Å². The van der Waals surface area contributed by atoms with Crippen LogP contribution in [-0.4, -0.2) is 29.3 Å². The minimum absolute atomic E-state index is 0.163. The second-order valence-electron chi connectivity index (χ2n) is 7.96. The molecule has 0 N–H and O–H groups in total. The molecule has 0 amide bonds. The van der Waals surface area contributed by atoms with E-state index in [9.17, 15) is 16.8 Å². The average Bonchev–Trinajstić information content (AvgIpc) is 3.47. The fraction of sp³-hybridized carbons (Fsp3) is 0.167. The number of benzene rings is 2. The fourth-order valence-electron chi connectivity index (χ4n) is 3.74. The van der Waals surface area contributed by atoms with Gasteiger partial charge in [0, 0.05) is 0 Å². The molecular formula is C24H24O6S2Zr. The van der Waals surface area contributed by atoms with Gasteiger partial charge in [0.1, 0.15) is 0 Å². The van der Waals surface area contributed by atoms with Gasteiger partial charge in [-0.05, 0) is 0 Å². The molecule has 2 aromatic carbocycles. The molecule has 0 bridgehead atoms. The number of hydrogen-bond acceptors (Lipinski definition) is 6. The summed E-state index contributed by atoms with van der Waals surface area (Å²) in [4.78, 5) is 0.327. The van der Waals surface area contributed by atoms with Crippen molar-refractivity contribution in [2.75, 3.05) is 12.5 Å². The number of allylic oxidation sites excluding steroid dienone is 8. The predicted molar refractivity (Wildman–Crippen MR) is 124 cm³/mol. The summed E-state index contributed by atoms with van der Waals surface area (Å²) in [5.41, 5.74) is 0. The van der Waals surface area contributed by atoms with E-state index in [1.807, 2.05) is 36.5 Å². The van der Waals surface area contributed by atoms with Crippen molar-refractivity contribution >= 4 is 19.7 Å². The molecule has 0 saturated heterocycles. The zero-order chi connectivity index (χ0) is 23.7. The van der Waals surface area contributed by atoms with Gasteiger partial charge in [0.15, 0.2) is 0 Å². The Bertz CT molecular complexity index is 1310. The van der Waals surface area contributed by atoms with Gasteiger partial charge in [-0.2, -0.15) is 0 Å². The summed E-state index contributed by atoms with van der Waals surface area (Å²) in [7, 11) is -6.84. The summed E-state index contributed by atoms with van der Waals surface area (Å²) in [5.74, 6) is 0.821. The molecule has 0 fully saturated rings.